The summed E-state index contributed by atoms with van der Waals surface area (Å²) in [5.41, 5.74) is 3.38. The number of aryl methyl sites for hydroxylation is 3. The molecular formula is C14H14N2O2S3. The van der Waals surface area contributed by atoms with Crippen LogP contribution >= 0.6 is 22.7 Å². The molecule has 0 unspecified atom stereocenters. The molecule has 1 aromatic carbocycles. The van der Waals surface area contributed by atoms with Gasteiger partial charge in [0.25, 0.3) is 10.0 Å². The lowest BCUT2D eigenvalue weighted by molar-refractivity contribution is 0.598. The van der Waals surface area contributed by atoms with Crippen LogP contribution in [-0.4, -0.2) is 13.0 Å². The molecule has 3 rings (SSSR count). The number of hydrogen-bond donors (Lipinski definition) is 0. The predicted octanol–water partition coefficient (Wildman–Crippen LogP) is 3.21. The third-order valence-corrected chi connectivity index (χ3v) is 7.29. The van der Waals surface area contributed by atoms with Crippen LogP contribution in [0.15, 0.2) is 38.3 Å². The predicted molar refractivity (Wildman–Crippen MR) is 87.3 cm³/mol. The minimum absolute atomic E-state index is 0.271. The smallest absolute Gasteiger partial charge is 0.294 e. The van der Waals surface area contributed by atoms with Crippen LogP contribution in [0.2, 0.25) is 0 Å². The number of nitrogens with zero attached hydrogens (tertiary/aromatic N) is 2. The molecule has 7 heteroatoms. The molecule has 2 aromatic heterocycles. The Bertz CT molecular complexity index is 977. The summed E-state index contributed by atoms with van der Waals surface area (Å²) in [5, 5.41) is 1.74. The maximum Gasteiger partial charge on any atom is 0.294 e. The summed E-state index contributed by atoms with van der Waals surface area (Å²) >= 11 is 2.57. The average molecular weight is 338 g/mol. The number of thiophene rings is 1. The highest BCUT2D eigenvalue weighted by Crippen LogP contribution is 2.24. The van der Waals surface area contributed by atoms with Crippen molar-refractivity contribution in [3.63, 3.8) is 0 Å². The zero-order valence-electron chi connectivity index (χ0n) is 11.8. The molecule has 0 aliphatic carbocycles. The average Bonchev–Trinajstić information content (AvgIpc) is 3.04. The summed E-state index contributed by atoms with van der Waals surface area (Å²) in [4.78, 5) is 0.493. The van der Waals surface area contributed by atoms with Gasteiger partial charge in [-0.3, -0.25) is 0 Å². The molecule has 0 atom stereocenters. The van der Waals surface area contributed by atoms with Crippen LogP contribution in [0.3, 0.4) is 0 Å². The van der Waals surface area contributed by atoms with Crippen molar-refractivity contribution in [3.05, 3.63) is 45.6 Å². The summed E-state index contributed by atoms with van der Waals surface area (Å²) in [7, 11) is -1.77. The van der Waals surface area contributed by atoms with E-state index in [2.05, 4.69) is 4.40 Å². The molecule has 0 saturated carbocycles. The molecule has 0 bridgehead atoms. The van der Waals surface area contributed by atoms with Crippen molar-refractivity contribution in [1.29, 1.82) is 0 Å². The van der Waals surface area contributed by atoms with Gasteiger partial charge in [0.1, 0.15) is 4.21 Å². The van der Waals surface area contributed by atoms with Gasteiger partial charge in [-0.15, -0.1) is 15.7 Å². The lowest BCUT2D eigenvalue weighted by Gasteiger charge is -2.03. The SMILES string of the molecule is Cc1ccc2s/c(=N\S(=O)(=O)c3cccs3)n(C)c2c1C. The Hall–Kier alpha value is -1.44. The monoisotopic (exact) mass is 338 g/mol. The highest BCUT2D eigenvalue weighted by Gasteiger charge is 2.15. The van der Waals surface area contributed by atoms with Gasteiger partial charge in [-0.05, 0) is 42.5 Å². The quantitative estimate of drug-likeness (QED) is 0.720. The van der Waals surface area contributed by atoms with E-state index in [-0.39, 0.29) is 4.21 Å². The van der Waals surface area contributed by atoms with E-state index in [1.54, 1.807) is 17.5 Å². The second kappa shape index (κ2) is 5.08. The molecule has 4 nitrogen and oxygen atoms in total. The summed E-state index contributed by atoms with van der Waals surface area (Å²) in [6, 6.07) is 7.35. The molecule has 3 aromatic rings. The van der Waals surface area contributed by atoms with Crippen molar-refractivity contribution in [2.45, 2.75) is 18.1 Å². The minimum Gasteiger partial charge on any atom is -0.319 e. The van der Waals surface area contributed by atoms with E-state index >= 15 is 0 Å². The minimum atomic E-state index is -3.63. The first-order chi connectivity index (χ1) is 9.90. The Morgan fingerprint density at radius 3 is 2.62 bits per heavy atom. The summed E-state index contributed by atoms with van der Waals surface area (Å²) in [6.07, 6.45) is 0. The number of fused-ring (bicyclic) bond motifs is 1. The molecule has 0 radical (unpaired) electrons. The Morgan fingerprint density at radius 2 is 1.95 bits per heavy atom. The van der Waals surface area contributed by atoms with Gasteiger partial charge in [0.2, 0.25) is 4.80 Å². The summed E-state index contributed by atoms with van der Waals surface area (Å²) in [5.74, 6) is 0. The maximum absolute atomic E-state index is 12.3. The molecule has 2 heterocycles. The van der Waals surface area contributed by atoms with E-state index in [1.165, 1.54) is 28.2 Å². The van der Waals surface area contributed by atoms with Crippen LogP contribution in [0.25, 0.3) is 10.2 Å². The summed E-state index contributed by atoms with van der Waals surface area (Å²) < 4.78 is 31.7. The maximum atomic E-state index is 12.3. The molecule has 110 valence electrons. The zero-order valence-corrected chi connectivity index (χ0v) is 14.3. The topological polar surface area (TPSA) is 51.4 Å². The highest BCUT2D eigenvalue weighted by molar-refractivity contribution is 7.92. The van der Waals surface area contributed by atoms with Gasteiger partial charge in [-0.25, -0.2) is 0 Å². The van der Waals surface area contributed by atoms with Gasteiger partial charge in [-0.1, -0.05) is 23.5 Å². The van der Waals surface area contributed by atoms with E-state index in [9.17, 15) is 8.42 Å². The zero-order chi connectivity index (χ0) is 15.2. The number of sulfonamides is 1. The molecule has 0 amide bonds. The van der Waals surface area contributed by atoms with Gasteiger partial charge in [0, 0.05) is 7.05 Å². The standard InChI is InChI=1S/C14H14N2O2S3/c1-9-6-7-11-13(10(9)2)16(3)14(20-11)15-21(17,18)12-5-4-8-19-12/h4-8H,1-3H3/b15-14-. The van der Waals surface area contributed by atoms with Crippen molar-refractivity contribution >= 4 is 42.9 Å². The van der Waals surface area contributed by atoms with Gasteiger partial charge in [0.05, 0.1) is 10.2 Å². The van der Waals surface area contributed by atoms with Crippen molar-refractivity contribution < 1.29 is 8.42 Å². The largest absolute Gasteiger partial charge is 0.319 e. The number of aromatic nitrogens is 1. The first kappa shape index (κ1) is 14.5. The van der Waals surface area contributed by atoms with Crippen LogP contribution in [0.4, 0.5) is 0 Å². The normalized spacial score (nSPS) is 13.2. The molecule has 0 N–H and O–H groups in total. The Balaban J connectivity index is 2.30. The third-order valence-electron chi connectivity index (χ3n) is 3.44. The van der Waals surface area contributed by atoms with Gasteiger partial charge in [0.15, 0.2) is 0 Å². The second-order valence-corrected chi connectivity index (χ2v) is 8.58. The van der Waals surface area contributed by atoms with Gasteiger partial charge >= 0.3 is 0 Å². The molecule has 0 saturated heterocycles. The Morgan fingerprint density at radius 1 is 1.19 bits per heavy atom. The van der Waals surface area contributed by atoms with E-state index in [1.807, 2.05) is 37.6 Å². The van der Waals surface area contributed by atoms with Gasteiger partial charge < -0.3 is 4.57 Å². The highest BCUT2D eigenvalue weighted by atomic mass is 32.2. The number of thiazole rings is 1. The first-order valence-corrected chi connectivity index (χ1v) is 9.44. The Labute approximate surface area is 131 Å². The fraction of sp³-hybridized carbons (Fsp3) is 0.214. The molecule has 0 spiro atoms. The van der Waals surface area contributed by atoms with E-state index in [0.717, 1.165) is 15.8 Å². The van der Waals surface area contributed by atoms with E-state index in [4.69, 9.17) is 0 Å². The molecule has 0 aliphatic rings. The van der Waals surface area contributed by atoms with E-state index in [0.29, 0.717) is 4.80 Å². The van der Waals surface area contributed by atoms with Crippen molar-refractivity contribution in [3.8, 4) is 0 Å². The van der Waals surface area contributed by atoms with Crippen LogP contribution in [-0.2, 0) is 17.1 Å². The molecule has 21 heavy (non-hydrogen) atoms. The van der Waals surface area contributed by atoms with E-state index < -0.39 is 10.0 Å². The van der Waals surface area contributed by atoms with Crippen LogP contribution in [0.5, 0.6) is 0 Å². The number of rotatable bonds is 2. The fourth-order valence-corrected chi connectivity index (χ4v) is 5.45. The van der Waals surface area contributed by atoms with Crippen molar-refractivity contribution in [2.75, 3.05) is 0 Å². The van der Waals surface area contributed by atoms with Crippen LogP contribution in [0.1, 0.15) is 11.1 Å². The first-order valence-electron chi connectivity index (χ1n) is 6.30. The Kier molecular flexibility index (Phi) is 3.51. The molecular weight excluding hydrogens is 324 g/mol. The lowest BCUT2D eigenvalue weighted by atomic mass is 10.1. The van der Waals surface area contributed by atoms with Crippen molar-refractivity contribution in [1.82, 2.24) is 4.57 Å². The molecule has 0 aliphatic heterocycles. The third kappa shape index (κ3) is 2.45. The lowest BCUT2D eigenvalue weighted by Crippen LogP contribution is -2.13. The van der Waals surface area contributed by atoms with Gasteiger partial charge in [-0.2, -0.15) is 8.42 Å². The number of hydrogen-bond acceptors (Lipinski definition) is 4. The van der Waals surface area contributed by atoms with Crippen molar-refractivity contribution in [2.24, 2.45) is 11.4 Å². The second-order valence-electron chi connectivity index (χ2n) is 4.80. The van der Waals surface area contributed by atoms with Crippen LogP contribution in [0, 0.1) is 13.8 Å². The van der Waals surface area contributed by atoms with Crippen LogP contribution < -0.4 is 4.80 Å². The fourth-order valence-electron chi connectivity index (χ4n) is 2.18. The number of benzene rings is 1. The molecule has 0 fully saturated rings. The summed E-state index contributed by atoms with van der Waals surface area (Å²) in [6.45, 7) is 4.09.